The second-order valence-electron chi connectivity index (χ2n) is 4.05. The van der Waals surface area contributed by atoms with Gasteiger partial charge in [-0.2, -0.15) is 0 Å². The number of hydrogen-bond acceptors (Lipinski definition) is 4. The molecule has 0 saturated heterocycles. The van der Waals surface area contributed by atoms with Crippen LogP contribution in [0.15, 0.2) is 5.34 Å². The van der Waals surface area contributed by atoms with Gasteiger partial charge in [0.2, 0.25) is 0 Å². The molecule has 0 saturated carbocycles. The van der Waals surface area contributed by atoms with Crippen molar-refractivity contribution in [3.8, 4) is 0 Å². The Kier molecular flexibility index (Phi) is 29.7. The molecular weight excluding hydrogens is 261 g/mol. The molecule has 0 radical (unpaired) electrons. The first kappa shape index (κ1) is 23.6. The Morgan fingerprint density at radius 2 is 1.33 bits per heavy atom. The zero-order valence-electron chi connectivity index (χ0n) is 11.7. The van der Waals surface area contributed by atoms with E-state index in [0.29, 0.717) is 6.42 Å². The normalized spacial score (nSPS) is 8.72. The number of nitrogens with zero attached hydrogens (tertiary/aromatic N) is 1. The third-order valence-corrected chi connectivity index (χ3v) is 2.49. The number of carboxylic acid groups (broad SMARTS) is 1. The minimum atomic E-state index is -0.659. The van der Waals surface area contributed by atoms with E-state index in [9.17, 15) is 4.79 Å². The fourth-order valence-corrected chi connectivity index (χ4v) is 1.59. The second-order valence-corrected chi connectivity index (χ2v) is 4.05. The van der Waals surface area contributed by atoms with E-state index >= 15 is 0 Å². The first-order valence-electron chi connectivity index (χ1n) is 6.35. The zero-order chi connectivity index (χ0) is 13.4. The summed E-state index contributed by atoms with van der Waals surface area (Å²) in [6.07, 6.45) is 11.5. The van der Waals surface area contributed by atoms with Gasteiger partial charge in [-0.15, -0.1) is 5.34 Å². The summed E-state index contributed by atoms with van der Waals surface area (Å²) in [4.78, 5) is 18.2. The van der Waals surface area contributed by atoms with Crippen molar-refractivity contribution in [1.29, 1.82) is 0 Å². The van der Waals surface area contributed by atoms with Crippen LogP contribution in [0.1, 0.15) is 71.1 Å². The van der Waals surface area contributed by atoms with Gasteiger partial charge in [0.05, 0.1) is 0 Å². The number of unbranched alkanes of at least 4 members (excludes halogenated alkanes) is 8. The van der Waals surface area contributed by atoms with Gasteiger partial charge in [-0.05, 0) is 6.42 Å². The summed E-state index contributed by atoms with van der Waals surface area (Å²) < 4.78 is 0. The molecule has 18 heavy (non-hydrogen) atoms. The van der Waals surface area contributed by atoms with E-state index in [2.05, 4.69) is 6.92 Å². The summed E-state index contributed by atoms with van der Waals surface area (Å²) in [7, 11) is 0. The molecule has 0 aliphatic rings. The Morgan fingerprint density at radius 1 is 1.00 bits per heavy atom. The molecule has 0 aromatic heterocycles. The van der Waals surface area contributed by atoms with Crippen LogP contribution in [-0.2, 0) is 4.79 Å². The van der Waals surface area contributed by atoms with Crippen LogP contribution in [0.25, 0.3) is 0 Å². The monoisotopic (exact) mass is 285 g/mol. The van der Waals surface area contributed by atoms with Crippen molar-refractivity contribution in [3.05, 3.63) is 10.1 Å². The first-order valence-corrected chi connectivity index (χ1v) is 6.35. The molecule has 0 aliphatic carbocycles. The Labute approximate surface area is 152 Å². The van der Waals surface area contributed by atoms with Crippen LogP contribution in [0, 0.1) is 10.1 Å². The van der Waals surface area contributed by atoms with Crippen LogP contribution in [0.4, 0.5) is 0 Å². The van der Waals surface area contributed by atoms with Crippen molar-refractivity contribution in [1.82, 2.24) is 0 Å². The van der Waals surface area contributed by atoms with Crippen LogP contribution >= 0.6 is 0 Å². The van der Waals surface area contributed by atoms with Crippen molar-refractivity contribution in [2.45, 2.75) is 71.1 Å². The van der Waals surface area contributed by atoms with Gasteiger partial charge in [-0.3, -0.25) is 4.79 Å². The summed E-state index contributed by atoms with van der Waals surface area (Å²) in [5, 5.41) is 17.4. The van der Waals surface area contributed by atoms with E-state index < -0.39 is 5.97 Å². The maximum atomic E-state index is 10.2. The Balaban J connectivity index is -0.000000507. The summed E-state index contributed by atoms with van der Waals surface area (Å²) in [5.74, 6) is -0.659. The molecule has 6 heteroatoms. The number of rotatable bonds is 10. The van der Waals surface area contributed by atoms with Gasteiger partial charge >= 0.3 is 57.4 Å². The van der Waals surface area contributed by atoms with E-state index in [-0.39, 0.29) is 51.4 Å². The molecule has 0 heterocycles. The Bertz CT molecular complexity index is 179. The van der Waals surface area contributed by atoms with E-state index in [1.165, 1.54) is 44.9 Å². The number of carboxylic acids is 1. The number of hydrogen-bond donors (Lipinski definition) is 1. The molecule has 102 valence electrons. The Morgan fingerprint density at radius 3 is 1.67 bits per heavy atom. The maximum absolute atomic E-state index is 10.2. The molecule has 0 aromatic carbocycles. The van der Waals surface area contributed by atoms with E-state index in [1.807, 2.05) is 0 Å². The zero-order valence-corrected chi connectivity index (χ0v) is 14.8. The molecule has 0 bridgehead atoms. The van der Waals surface area contributed by atoms with Gasteiger partial charge in [0.25, 0.3) is 0 Å². The summed E-state index contributed by atoms with van der Waals surface area (Å²) in [6.45, 7) is 2.23. The summed E-state index contributed by atoms with van der Waals surface area (Å²) in [6, 6.07) is 0. The van der Waals surface area contributed by atoms with Crippen molar-refractivity contribution < 1.29 is 61.3 Å². The van der Waals surface area contributed by atoms with Crippen LogP contribution in [0.5, 0.6) is 0 Å². The SMILES string of the molecule is CCCCCCCCCCCC(=O)O.O=N[O-].[K+]. The molecule has 0 atom stereocenters. The molecule has 0 aliphatic heterocycles. The molecule has 0 amide bonds. The molecular formula is C12H24KNO4. The standard InChI is InChI=1S/C12H24O2.K.HNO2/c1-2-3-4-5-6-7-8-9-10-11-12(13)14;;2-1-3/h2-11H2,1H3,(H,13,14);;(H,2,3)/q;+1;/p-1. The fourth-order valence-electron chi connectivity index (χ4n) is 1.59. The topological polar surface area (TPSA) is 89.8 Å². The minimum Gasteiger partial charge on any atom is -0.481 e. The summed E-state index contributed by atoms with van der Waals surface area (Å²) >= 11 is 0. The molecule has 5 nitrogen and oxygen atoms in total. The number of aliphatic carboxylic acids is 1. The quantitative estimate of drug-likeness (QED) is 0.283. The van der Waals surface area contributed by atoms with Gasteiger partial charge in [0.1, 0.15) is 0 Å². The second kappa shape index (κ2) is 22.7. The van der Waals surface area contributed by atoms with E-state index in [0.717, 1.165) is 18.2 Å². The van der Waals surface area contributed by atoms with Crippen LogP contribution in [-0.4, -0.2) is 11.1 Å². The predicted octanol–water partition coefficient (Wildman–Crippen LogP) is 1.25. The molecule has 0 aromatic rings. The van der Waals surface area contributed by atoms with Crippen LogP contribution in [0.2, 0.25) is 0 Å². The largest absolute Gasteiger partial charge is 1.00 e. The van der Waals surface area contributed by atoms with Gasteiger partial charge in [0, 0.05) is 6.42 Å². The van der Waals surface area contributed by atoms with Crippen LogP contribution < -0.4 is 51.4 Å². The molecule has 0 spiro atoms. The smallest absolute Gasteiger partial charge is 0.481 e. The third-order valence-electron chi connectivity index (χ3n) is 2.49. The molecule has 0 fully saturated rings. The number of carbonyl (C=O) groups is 1. The van der Waals surface area contributed by atoms with Gasteiger partial charge in [-0.1, -0.05) is 58.3 Å². The Hall–Kier alpha value is 0.506. The van der Waals surface area contributed by atoms with Gasteiger partial charge in [0.15, 0.2) is 0 Å². The van der Waals surface area contributed by atoms with Crippen molar-refractivity contribution in [2.75, 3.05) is 0 Å². The third kappa shape index (κ3) is 30.0. The van der Waals surface area contributed by atoms with Crippen molar-refractivity contribution in [2.24, 2.45) is 5.34 Å². The molecule has 0 unspecified atom stereocenters. The van der Waals surface area contributed by atoms with Gasteiger partial charge < -0.3 is 15.2 Å². The summed E-state index contributed by atoms with van der Waals surface area (Å²) in [5.41, 5.74) is 0. The minimum absolute atomic E-state index is 0. The van der Waals surface area contributed by atoms with E-state index in [1.54, 1.807) is 0 Å². The molecule has 1 N–H and O–H groups in total. The van der Waals surface area contributed by atoms with E-state index in [4.69, 9.17) is 15.2 Å². The van der Waals surface area contributed by atoms with Crippen molar-refractivity contribution in [3.63, 3.8) is 0 Å². The van der Waals surface area contributed by atoms with Crippen LogP contribution in [0.3, 0.4) is 0 Å². The predicted molar refractivity (Wildman–Crippen MR) is 68.6 cm³/mol. The maximum Gasteiger partial charge on any atom is 1.00 e. The molecule has 0 rings (SSSR count). The average Bonchev–Trinajstić information content (AvgIpc) is 2.27. The van der Waals surface area contributed by atoms with Gasteiger partial charge in [-0.25, -0.2) is 0 Å². The average molecular weight is 285 g/mol. The first-order chi connectivity index (χ1) is 8.18. The van der Waals surface area contributed by atoms with Crippen molar-refractivity contribution >= 4 is 5.97 Å². The fraction of sp³-hybridized carbons (Fsp3) is 0.917.